The van der Waals surface area contributed by atoms with Crippen LogP contribution >= 0.6 is 12.2 Å². The molecule has 4 rings (SSSR count). The van der Waals surface area contributed by atoms with E-state index in [2.05, 4.69) is 25.7 Å². The first-order chi connectivity index (χ1) is 13.5. The number of hydrogen-bond acceptors (Lipinski definition) is 5. The second-order valence-corrected chi connectivity index (χ2v) is 8.34. The number of nitrogens with zero attached hydrogens (tertiary/aromatic N) is 5. The second-order valence-electron chi connectivity index (χ2n) is 7.97. The van der Waals surface area contributed by atoms with Gasteiger partial charge in [-0.25, -0.2) is 4.68 Å². The number of fused-ring (bicyclic) bond motifs is 3. The minimum Gasteiger partial charge on any atom is -0.376 e. The summed E-state index contributed by atoms with van der Waals surface area (Å²) in [6, 6.07) is 7.63. The van der Waals surface area contributed by atoms with Crippen molar-refractivity contribution in [1.82, 2.24) is 23.6 Å². The van der Waals surface area contributed by atoms with Crippen LogP contribution in [0.15, 0.2) is 29.1 Å². The lowest BCUT2D eigenvalue weighted by molar-refractivity contribution is -0.0306. The van der Waals surface area contributed by atoms with Crippen LogP contribution < -0.4 is 5.56 Å². The Labute approximate surface area is 169 Å². The highest BCUT2D eigenvalue weighted by Crippen LogP contribution is 2.16. The van der Waals surface area contributed by atoms with Crippen LogP contribution in [0.2, 0.25) is 0 Å². The maximum atomic E-state index is 13.1. The van der Waals surface area contributed by atoms with E-state index in [1.165, 1.54) is 0 Å². The number of rotatable bonds is 5. The predicted octanol–water partition coefficient (Wildman–Crippen LogP) is 2.90. The summed E-state index contributed by atoms with van der Waals surface area (Å²) in [5, 5.41) is 5.45. The van der Waals surface area contributed by atoms with Gasteiger partial charge in [0.05, 0.1) is 30.3 Å². The molecule has 0 bridgehead atoms. The van der Waals surface area contributed by atoms with Crippen molar-refractivity contribution in [2.24, 2.45) is 5.92 Å². The molecule has 1 fully saturated rings. The zero-order valence-electron chi connectivity index (χ0n) is 16.7. The van der Waals surface area contributed by atoms with Gasteiger partial charge in [-0.05, 0) is 43.6 Å². The molecular formula is C20H27N5O2S. The van der Waals surface area contributed by atoms with Gasteiger partial charge in [0.1, 0.15) is 0 Å². The zero-order chi connectivity index (χ0) is 19.8. The molecule has 0 amide bonds. The number of ether oxygens (including phenoxy) is 1. The third kappa shape index (κ3) is 3.52. The SMILES string of the molecule is CC(C)CCn1c(=O)c2ccccc2n2c(=S)n(CN3CCOC(C)C3)nc12. The first-order valence-electron chi connectivity index (χ1n) is 9.90. The van der Waals surface area contributed by atoms with E-state index in [0.717, 1.165) is 25.0 Å². The molecule has 1 aromatic carbocycles. The van der Waals surface area contributed by atoms with Gasteiger partial charge in [0.25, 0.3) is 5.56 Å². The number of aryl methyl sites for hydroxylation is 1. The molecule has 1 atom stereocenters. The van der Waals surface area contributed by atoms with Crippen LogP contribution in [0, 0.1) is 10.7 Å². The van der Waals surface area contributed by atoms with Crippen molar-refractivity contribution in [2.75, 3.05) is 19.7 Å². The lowest BCUT2D eigenvalue weighted by atomic mass is 10.1. The van der Waals surface area contributed by atoms with Crippen molar-refractivity contribution < 1.29 is 4.74 Å². The number of para-hydroxylation sites is 1. The van der Waals surface area contributed by atoms with E-state index >= 15 is 0 Å². The number of benzene rings is 1. The van der Waals surface area contributed by atoms with Crippen LogP contribution in [0.4, 0.5) is 0 Å². The Kier molecular flexibility index (Phi) is 5.35. The largest absolute Gasteiger partial charge is 0.376 e. The van der Waals surface area contributed by atoms with E-state index in [1.807, 2.05) is 33.3 Å². The summed E-state index contributed by atoms with van der Waals surface area (Å²) < 4.78 is 11.8. The molecule has 0 saturated carbocycles. The monoisotopic (exact) mass is 401 g/mol. The van der Waals surface area contributed by atoms with Crippen LogP contribution in [-0.2, 0) is 18.0 Å². The fraction of sp³-hybridized carbons (Fsp3) is 0.550. The molecule has 28 heavy (non-hydrogen) atoms. The summed E-state index contributed by atoms with van der Waals surface area (Å²) in [4.78, 5) is 15.4. The minimum atomic E-state index is -0.00380. The standard InChI is InChI=1S/C20H27N5O2S/c1-14(2)8-9-23-18(26)16-6-4-5-7-17(16)25-19(23)21-24(20(25)28)13-22-10-11-27-15(3)12-22/h4-7,14-15H,8-13H2,1-3H3. The average molecular weight is 402 g/mol. The Bertz CT molecular complexity index is 1110. The van der Waals surface area contributed by atoms with Gasteiger partial charge in [-0.3, -0.25) is 18.7 Å². The molecule has 7 nitrogen and oxygen atoms in total. The lowest BCUT2D eigenvalue weighted by Gasteiger charge is -2.30. The fourth-order valence-corrected chi connectivity index (χ4v) is 4.04. The molecule has 0 aliphatic carbocycles. The van der Waals surface area contributed by atoms with Gasteiger partial charge in [-0.1, -0.05) is 26.0 Å². The Morgan fingerprint density at radius 3 is 2.86 bits per heavy atom. The molecule has 1 aliphatic heterocycles. The van der Waals surface area contributed by atoms with Crippen LogP contribution in [0.3, 0.4) is 0 Å². The van der Waals surface area contributed by atoms with Crippen molar-refractivity contribution in [3.8, 4) is 0 Å². The zero-order valence-corrected chi connectivity index (χ0v) is 17.5. The first-order valence-corrected chi connectivity index (χ1v) is 10.3. The van der Waals surface area contributed by atoms with Gasteiger partial charge in [0.2, 0.25) is 10.5 Å². The first kappa shape index (κ1) is 19.3. The Morgan fingerprint density at radius 1 is 1.32 bits per heavy atom. The molecule has 8 heteroatoms. The van der Waals surface area contributed by atoms with Gasteiger partial charge < -0.3 is 4.74 Å². The molecule has 1 aliphatic rings. The summed E-state index contributed by atoms with van der Waals surface area (Å²) in [6.07, 6.45) is 1.11. The van der Waals surface area contributed by atoms with E-state index in [9.17, 15) is 4.79 Å². The molecule has 3 heterocycles. The van der Waals surface area contributed by atoms with Crippen molar-refractivity contribution in [1.29, 1.82) is 0 Å². The highest BCUT2D eigenvalue weighted by Gasteiger charge is 2.20. The fourth-order valence-electron chi connectivity index (χ4n) is 3.76. The Hall–Kier alpha value is -2.03. The van der Waals surface area contributed by atoms with E-state index in [4.69, 9.17) is 22.1 Å². The predicted molar refractivity (Wildman–Crippen MR) is 112 cm³/mol. The van der Waals surface area contributed by atoms with Crippen molar-refractivity contribution in [3.63, 3.8) is 0 Å². The number of hydrogen-bond donors (Lipinski definition) is 0. The van der Waals surface area contributed by atoms with Crippen LogP contribution in [0.1, 0.15) is 27.2 Å². The maximum absolute atomic E-state index is 13.1. The smallest absolute Gasteiger partial charge is 0.262 e. The van der Waals surface area contributed by atoms with Crippen molar-refractivity contribution >= 4 is 28.9 Å². The van der Waals surface area contributed by atoms with Gasteiger partial charge in [-0.2, -0.15) is 0 Å². The number of morpholine rings is 1. The van der Waals surface area contributed by atoms with E-state index in [1.54, 1.807) is 4.57 Å². The Balaban J connectivity index is 1.86. The van der Waals surface area contributed by atoms with Crippen molar-refractivity contribution in [2.45, 2.75) is 46.5 Å². The molecular weight excluding hydrogens is 374 g/mol. The van der Waals surface area contributed by atoms with Gasteiger partial charge in [0.15, 0.2) is 0 Å². The highest BCUT2D eigenvalue weighted by molar-refractivity contribution is 7.71. The molecule has 1 saturated heterocycles. The molecule has 150 valence electrons. The summed E-state index contributed by atoms with van der Waals surface area (Å²) >= 11 is 5.78. The molecule has 0 spiro atoms. The van der Waals surface area contributed by atoms with Gasteiger partial charge >= 0.3 is 0 Å². The summed E-state index contributed by atoms with van der Waals surface area (Å²) in [6.45, 7) is 10.0. The minimum absolute atomic E-state index is 0.00380. The molecule has 1 unspecified atom stereocenters. The van der Waals surface area contributed by atoms with Gasteiger partial charge in [0, 0.05) is 19.6 Å². The quantitative estimate of drug-likeness (QED) is 0.616. The summed E-state index contributed by atoms with van der Waals surface area (Å²) in [5.41, 5.74) is 0.811. The Morgan fingerprint density at radius 2 is 2.11 bits per heavy atom. The third-order valence-corrected chi connectivity index (χ3v) is 5.67. The van der Waals surface area contributed by atoms with E-state index in [-0.39, 0.29) is 11.7 Å². The van der Waals surface area contributed by atoms with Crippen LogP contribution in [0.5, 0.6) is 0 Å². The van der Waals surface area contributed by atoms with E-state index < -0.39 is 0 Å². The summed E-state index contributed by atoms with van der Waals surface area (Å²) in [5.74, 6) is 1.12. The highest BCUT2D eigenvalue weighted by atomic mass is 32.1. The second kappa shape index (κ2) is 7.77. The van der Waals surface area contributed by atoms with Gasteiger partial charge in [-0.15, -0.1) is 5.10 Å². The summed E-state index contributed by atoms with van der Waals surface area (Å²) in [7, 11) is 0. The number of aromatic nitrogens is 4. The topological polar surface area (TPSA) is 56.7 Å². The maximum Gasteiger partial charge on any atom is 0.262 e. The van der Waals surface area contributed by atoms with Crippen LogP contribution in [0.25, 0.3) is 16.7 Å². The third-order valence-electron chi connectivity index (χ3n) is 5.27. The molecule has 2 aromatic heterocycles. The molecule has 0 radical (unpaired) electrons. The molecule has 3 aromatic rings. The van der Waals surface area contributed by atoms with Crippen molar-refractivity contribution in [3.05, 3.63) is 39.4 Å². The van der Waals surface area contributed by atoms with Crippen LogP contribution in [-0.4, -0.2) is 49.4 Å². The normalized spacial score (nSPS) is 18.5. The average Bonchev–Trinajstić information content (AvgIpc) is 2.98. The molecule has 0 N–H and O–H groups in total. The lowest BCUT2D eigenvalue weighted by Crippen LogP contribution is -2.42. The van der Waals surface area contributed by atoms with E-state index in [0.29, 0.717) is 41.7 Å².